The molecule has 2 atom stereocenters. The number of benzene rings is 1. The SMILES string of the molecule is CC(=O)ON=C(C(=O)N[C@@H]1C(=O)N2C(C(=O)O)=C(C(=C3CCNC3=O)c3cccc([N+](=O)[O-])c3)CC[C@H]12)N1C=C(N)SC1. The number of nitrogens with one attached hydrogen (secondary N) is 2. The summed E-state index contributed by atoms with van der Waals surface area (Å²) in [6.45, 7) is 1.40. The van der Waals surface area contributed by atoms with Crippen molar-refractivity contribution >= 4 is 58.5 Å². The summed E-state index contributed by atoms with van der Waals surface area (Å²) in [5.74, 6) is -4.34. The first kappa shape index (κ1) is 29.3. The molecule has 4 aliphatic heterocycles. The third-order valence-electron chi connectivity index (χ3n) is 7.20. The number of hydrogen-bond donors (Lipinski definition) is 4. The average Bonchev–Trinajstić information content (AvgIpc) is 3.59. The van der Waals surface area contributed by atoms with Crippen molar-refractivity contribution in [1.29, 1.82) is 0 Å². The number of thioether (sulfide) groups is 1. The van der Waals surface area contributed by atoms with E-state index < -0.39 is 46.7 Å². The smallest absolute Gasteiger partial charge is 0.352 e. The Morgan fingerprint density at radius 1 is 1.28 bits per heavy atom. The van der Waals surface area contributed by atoms with E-state index in [9.17, 15) is 39.2 Å². The molecular weight excluding hydrogens is 586 g/mol. The topological polar surface area (TPSA) is 227 Å². The molecule has 2 fully saturated rings. The molecular formula is C26H25N7O9S. The number of allylic oxidation sites excluding steroid dienone is 2. The maximum absolute atomic E-state index is 13.4. The largest absolute Gasteiger partial charge is 0.477 e. The summed E-state index contributed by atoms with van der Waals surface area (Å²) in [4.78, 5) is 81.2. The first-order valence-corrected chi connectivity index (χ1v) is 14.0. The van der Waals surface area contributed by atoms with Gasteiger partial charge in [0.15, 0.2) is 0 Å². The van der Waals surface area contributed by atoms with Crippen molar-refractivity contribution in [2.24, 2.45) is 10.9 Å². The molecule has 0 bridgehead atoms. The Morgan fingerprint density at radius 3 is 2.65 bits per heavy atom. The van der Waals surface area contributed by atoms with Gasteiger partial charge in [0, 0.05) is 37.4 Å². The number of nitro benzene ring substituents is 1. The summed E-state index contributed by atoms with van der Waals surface area (Å²) < 4.78 is 0. The van der Waals surface area contributed by atoms with Crippen LogP contribution in [0.4, 0.5) is 5.69 Å². The zero-order chi connectivity index (χ0) is 31.0. The van der Waals surface area contributed by atoms with Gasteiger partial charge >= 0.3 is 11.9 Å². The van der Waals surface area contributed by atoms with Gasteiger partial charge in [0.1, 0.15) is 11.7 Å². The van der Waals surface area contributed by atoms with E-state index in [1.54, 1.807) is 6.07 Å². The summed E-state index contributed by atoms with van der Waals surface area (Å²) in [5.41, 5.74) is 6.08. The number of carbonyl (C=O) groups excluding carboxylic acids is 4. The van der Waals surface area contributed by atoms with Crippen molar-refractivity contribution in [2.45, 2.75) is 38.3 Å². The van der Waals surface area contributed by atoms with Crippen LogP contribution >= 0.6 is 11.8 Å². The maximum Gasteiger partial charge on any atom is 0.352 e. The van der Waals surface area contributed by atoms with Crippen LogP contribution < -0.4 is 16.4 Å². The second kappa shape index (κ2) is 11.6. The number of amidine groups is 1. The number of nitrogens with zero attached hydrogens (tertiary/aromatic N) is 4. The molecule has 16 nitrogen and oxygen atoms in total. The van der Waals surface area contributed by atoms with Crippen LogP contribution in [0.1, 0.15) is 31.7 Å². The van der Waals surface area contributed by atoms with Gasteiger partial charge in [-0.25, -0.2) is 9.59 Å². The Bertz CT molecular complexity index is 1600. The van der Waals surface area contributed by atoms with E-state index in [4.69, 9.17) is 5.73 Å². The third-order valence-corrected chi connectivity index (χ3v) is 8.04. The number of carboxylic acids is 1. The van der Waals surface area contributed by atoms with Gasteiger partial charge < -0.3 is 31.2 Å². The van der Waals surface area contributed by atoms with Crippen LogP contribution in [-0.4, -0.2) is 79.8 Å². The summed E-state index contributed by atoms with van der Waals surface area (Å²) in [6, 6.07) is 3.65. The predicted octanol–water partition coefficient (Wildman–Crippen LogP) is 0.337. The molecule has 1 aromatic carbocycles. The van der Waals surface area contributed by atoms with Crippen molar-refractivity contribution in [3.05, 3.63) is 68.0 Å². The fourth-order valence-corrected chi connectivity index (χ4v) is 6.09. The van der Waals surface area contributed by atoms with Gasteiger partial charge in [0.25, 0.3) is 17.5 Å². The molecule has 2 saturated heterocycles. The highest BCUT2D eigenvalue weighted by molar-refractivity contribution is 8.03. The summed E-state index contributed by atoms with van der Waals surface area (Å²) in [5, 5.41) is 31.0. The number of hydrogen-bond acceptors (Lipinski definition) is 11. The van der Waals surface area contributed by atoms with Crippen molar-refractivity contribution in [1.82, 2.24) is 20.4 Å². The molecule has 43 heavy (non-hydrogen) atoms. The van der Waals surface area contributed by atoms with E-state index in [1.165, 1.54) is 41.1 Å². The molecule has 5 rings (SSSR count). The van der Waals surface area contributed by atoms with Gasteiger partial charge in [0.05, 0.1) is 21.9 Å². The Kier molecular flexibility index (Phi) is 7.90. The van der Waals surface area contributed by atoms with Crippen molar-refractivity contribution in [3.63, 3.8) is 0 Å². The molecule has 0 aliphatic carbocycles. The summed E-state index contributed by atoms with van der Waals surface area (Å²) in [6.07, 6.45) is 1.97. The highest BCUT2D eigenvalue weighted by atomic mass is 32.2. The second-order valence-corrected chi connectivity index (χ2v) is 10.9. The van der Waals surface area contributed by atoms with Crippen LogP contribution in [0.15, 0.2) is 57.5 Å². The van der Waals surface area contributed by atoms with E-state index in [-0.39, 0.29) is 64.6 Å². The van der Waals surface area contributed by atoms with Crippen molar-refractivity contribution < 1.29 is 38.8 Å². The molecule has 224 valence electrons. The van der Waals surface area contributed by atoms with E-state index >= 15 is 0 Å². The number of aliphatic carboxylic acids is 1. The van der Waals surface area contributed by atoms with Gasteiger partial charge in [-0.15, -0.1) is 0 Å². The highest BCUT2D eigenvalue weighted by Gasteiger charge is 2.54. The molecule has 5 N–H and O–H groups in total. The number of oxime groups is 1. The molecule has 0 saturated carbocycles. The summed E-state index contributed by atoms with van der Waals surface area (Å²) in [7, 11) is 0. The van der Waals surface area contributed by atoms with Crippen LogP contribution in [0.2, 0.25) is 0 Å². The standard InChI is InChI=1S/C26H25N7O9S/c1-12(34)42-30-22(31-10-18(27)43-11-31)24(36)29-20-17-6-5-15(21(26(38)39)32(17)25(20)37)19(16-7-8-28-23(16)35)13-3-2-4-14(9-13)33(40)41/h2-4,9-10,17,20H,5-8,11,27H2,1H3,(H,28,35)(H,29,36)(H,38,39)/t17-,20+/m1/s1. The number of amides is 3. The number of nitro groups is 1. The lowest BCUT2D eigenvalue weighted by molar-refractivity contribution is -0.384. The molecule has 1 aromatic rings. The third kappa shape index (κ3) is 5.53. The minimum Gasteiger partial charge on any atom is -0.477 e. The zero-order valence-electron chi connectivity index (χ0n) is 22.6. The Balaban J connectivity index is 1.49. The fourth-order valence-electron chi connectivity index (χ4n) is 5.40. The first-order valence-electron chi connectivity index (χ1n) is 13.0. The van der Waals surface area contributed by atoms with E-state index in [0.717, 1.165) is 11.8 Å². The number of β-lactam (4-membered cyclic amide) rings is 1. The summed E-state index contributed by atoms with van der Waals surface area (Å²) >= 11 is 1.21. The number of rotatable bonds is 6. The predicted molar refractivity (Wildman–Crippen MR) is 150 cm³/mol. The van der Waals surface area contributed by atoms with Crippen LogP contribution in [-0.2, 0) is 28.8 Å². The molecule has 0 spiro atoms. The number of nitrogens with two attached hydrogens (primary N) is 1. The van der Waals surface area contributed by atoms with Crippen LogP contribution in [0.3, 0.4) is 0 Å². The van der Waals surface area contributed by atoms with Gasteiger partial charge in [-0.05, 0) is 36.0 Å². The van der Waals surface area contributed by atoms with E-state index in [1.807, 2.05) is 0 Å². The van der Waals surface area contributed by atoms with Crippen LogP contribution in [0.25, 0.3) is 5.57 Å². The lowest BCUT2D eigenvalue weighted by Crippen LogP contribution is -2.72. The molecule has 4 aliphatic rings. The molecule has 0 aromatic heterocycles. The Morgan fingerprint density at radius 2 is 2.05 bits per heavy atom. The highest BCUT2D eigenvalue weighted by Crippen LogP contribution is 2.44. The number of fused-ring (bicyclic) bond motifs is 1. The normalized spacial score (nSPS) is 22.8. The van der Waals surface area contributed by atoms with Crippen LogP contribution in [0, 0.1) is 10.1 Å². The lowest BCUT2D eigenvalue weighted by atomic mass is 9.78. The quantitative estimate of drug-likeness (QED) is 0.0649. The Hall–Kier alpha value is -5.19. The molecule has 0 radical (unpaired) electrons. The van der Waals surface area contributed by atoms with Crippen molar-refractivity contribution in [3.8, 4) is 0 Å². The van der Waals surface area contributed by atoms with Gasteiger partial charge in [-0.3, -0.25) is 29.4 Å². The van der Waals surface area contributed by atoms with E-state index in [2.05, 4.69) is 20.6 Å². The van der Waals surface area contributed by atoms with Crippen LogP contribution in [0.5, 0.6) is 0 Å². The van der Waals surface area contributed by atoms with Gasteiger partial charge in [0.2, 0.25) is 11.7 Å². The second-order valence-electron chi connectivity index (χ2n) is 9.84. The monoisotopic (exact) mass is 611 g/mol. The molecule has 3 amide bonds. The number of carbonyl (C=O) groups is 5. The zero-order valence-corrected chi connectivity index (χ0v) is 23.4. The molecule has 4 heterocycles. The minimum absolute atomic E-state index is 0.0910. The van der Waals surface area contributed by atoms with E-state index in [0.29, 0.717) is 11.6 Å². The lowest BCUT2D eigenvalue weighted by Gasteiger charge is -2.50. The fraction of sp³-hybridized carbons (Fsp3) is 0.308. The number of carboxylic acid groups (broad SMARTS) is 1. The minimum atomic E-state index is -1.44. The first-order chi connectivity index (χ1) is 20.5. The van der Waals surface area contributed by atoms with Crippen molar-refractivity contribution in [2.75, 3.05) is 12.4 Å². The average molecular weight is 612 g/mol. The number of non-ortho nitro benzene ring substituents is 1. The van der Waals surface area contributed by atoms with Gasteiger partial charge in [-0.1, -0.05) is 29.1 Å². The molecule has 0 unspecified atom stereocenters. The maximum atomic E-state index is 13.4. The Labute approximate surface area is 247 Å². The molecule has 17 heteroatoms. The van der Waals surface area contributed by atoms with Gasteiger partial charge in [-0.2, -0.15) is 0 Å².